The van der Waals surface area contributed by atoms with Crippen LogP contribution < -0.4 is 0 Å². The number of thioether (sulfide) groups is 1. The van der Waals surface area contributed by atoms with Crippen molar-refractivity contribution in [2.75, 3.05) is 18.8 Å². The number of carboxylic acid groups (broad SMARTS) is 1. The fraction of sp³-hybridized carbons (Fsp3) is 0.857. The third-order valence-electron chi connectivity index (χ3n) is 4.20. The van der Waals surface area contributed by atoms with Crippen molar-refractivity contribution in [3.63, 3.8) is 0 Å². The minimum Gasteiger partial charge on any atom is -0.480 e. The van der Waals surface area contributed by atoms with Crippen LogP contribution in [0.1, 0.15) is 39.5 Å². The number of carbonyl (C=O) groups is 2. The van der Waals surface area contributed by atoms with E-state index in [2.05, 4.69) is 6.92 Å². The number of rotatable bonds is 4. The summed E-state index contributed by atoms with van der Waals surface area (Å²) in [4.78, 5) is 27.4. The monoisotopic (exact) mass is 300 g/mol. The molecule has 5 nitrogen and oxygen atoms in total. The van der Waals surface area contributed by atoms with Gasteiger partial charge in [0, 0.05) is 18.8 Å². The smallest absolute Gasteiger partial charge is 0.327 e. The maximum atomic E-state index is 12.7. The van der Waals surface area contributed by atoms with Gasteiger partial charge in [-0.1, -0.05) is 20.3 Å². The molecule has 6 heteroatoms. The van der Waals surface area contributed by atoms with Crippen molar-refractivity contribution in [3.05, 3.63) is 0 Å². The zero-order valence-corrected chi connectivity index (χ0v) is 13.1. The van der Waals surface area contributed by atoms with E-state index in [0.717, 1.165) is 38.8 Å². The number of urea groups is 1. The topological polar surface area (TPSA) is 60.9 Å². The highest BCUT2D eigenvalue weighted by Crippen LogP contribution is 2.33. The van der Waals surface area contributed by atoms with Crippen molar-refractivity contribution >= 4 is 23.8 Å². The summed E-state index contributed by atoms with van der Waals surface area (Å²) in [6.45, 7) is 5.73. The number of aliphatic carboxylic acids is 1. The molecule has 2 aliphatic heterocycles. The Morgan fingerprint density at radius 3 is 2.70 bits per heavy atom. The molecule has 0 saturated carbocycles. The van der Waals surface area contributed by atoms with Crippen molar-refractivity contribution in [3.8, 4) is 0 Å². The van der Waals surface area contributed by atoms with E-state index in [9.17, 15) is 14.7 Å². The van der Waals surface area contributed by atoms with Gasteiger partial charge in [-0.2, -0.15) is 0 Å². The van der Waals surface area contributed by atoms with E-state index in [4.69, 9.17) is 0 Å². The number of carbonyl (C=O) groups excluding carboxylic acids is 1. The SMILES string of the molecule is CCCC1CCN(C(=O)N2C(CC)SCC2C(=O)O)C1. The van der Waals surface area contributed by atoms with Crippen LogP contribution in [0.15, 0.2) is 0 Å². The van der Waals surface area contributed by atoms with Gasteiger partial charge in [0.15, 0.2) is 0 Å². The van der Waals surface area contributed by atoms with Gasteiger partial charge in [0.1, 0.15) is 6.04 Å². The van der Waals surface area contributed by atoms with Crippen LogP contribution in [0.2, 0.25) is 0 Å². The highest BCUT2D eigenvalue weighted by atomic mass is 32.2. The predicted octanol–water partition coefficient (Wildman–Crippen LogP) is 2.47. The molecule has 1 N–H and O–H groups in total. The van der Waals surface area contributed by atoms with E-state index in [1.54, 1.807) is 16.7 Å². The lowest BCUT2D eigenvalue weighted by Crippen LogP contribution is -2.51. The Hall–Kier alpha value is -0.910. The Morgan fingerprint density at radius 1 is 1.35 bits per heavy atom. The van der Waals surface area contributed by atoms with Gasteiger partial charge in [0.05, 0.1) is 5.37 Å². The Morgan fingerprint density at radius 2 is 2.10 bits per heavy atom. The van der Waals surface area contributed by atoms with Crippen LogP contribution in [-0.2, 0) is 4.79 Å². The Bertz CT molecular complexity index is 377. The van der Waals surface area contributed by atoms with Crippen molar-refractivity contribution in [2.45, 2.75) is 50.9 Å². The van der Waals surface area contributed by atoms with E-state index in [1.807, 2.05) is 11.8 Å². The molecule has 0 aromatic rings. The average molecular weight is 300 g/mol. The van der Waals surface area contributed by atoms with Crippen LogP contribution in [0.25, 0.3) is 0 Å². The molecule has 2 fully saturated rings. The Labute approximate surface area is 124 Å². The number of hydrogen-bond acceptors (Lipinski definition) is 3. The number of amides is 2. The Kier molecular flexibility index (Phi) is 5.18. The molecule has 3 atom stereocenters. The minimum atomic E-state index is -0.883. The first-order valence-corrected chi connectivity index (χ1v) is 8.55. The minimum absolute atomic E-state index is 0.00817. The lowest BCUT2D eigenvalue weighted by molar-refractivity contribution is -0.141. The maximum absolute atomic E-state index is 12.7. The number of likely N-dealkylation sites (tertiary alicyclic amines) is 1. The fourth-order valence-corrected chi connectivity index (χ4v) is 4.48. The zero-order valence-electron chi connectivity index (χ0n) is 12.2. The molecule has 2 saturated heterocycles. The first-order chi connectivity index (χ1) is 9.58. The molecule has 0 bridgehead atoms. The van der Waals surface area contributed by atoms with Crippen LogP contribution in [0.5, 0.6) is 0 Å². The molecule has 0 aromatic carbocycles. The Balaban J connectivity index is 2.04. The van der Waals surface area contributed by atoms with Gasteiger partial charge in [-0.25, -0.2) is 9.59 Å². The molecular formula is C14H24N2O3S. The highest BCUT2D eigenvalue weighted by molar-refractivity contribution is 8.00. The van der Waals surface area contributed by atoms with E-state index >= 15 is 0 Å². The lowest BCUT2D eigenvalue weighted by atomic mass is 10.0. The van der Waals surface area contributed by atoms with Gasteiger partial charge in [0.25, 0.3) is 0 Å². The van der Waals surface area contributed by atoms with Crippen LogP contribution >= 0.6 is 11.8 Å². The van der Waals surface area contributed by atoms with E-state index in [1.165, 1.54) is 0 Å². The molecule has 20 heavy (non-hydrogen) atoms. The molecule has 114 valence electrons. The summed E-state index contributed by atoms with van der Waals surface area (Å²) in [5.41, 5.74) is 0. The summed E-state index contributed by atoms with van der Waals surface area (Å²) < 4.78 is 0. The van der Waals surface area contributed by atoms with Crippen LogP contribution in [0.3, 0.4) is 0 Å². The van der Waals surface area contributed by atoms with Crippen LogP contribution in [0.4, 0.5) is 4.79 Å². The van der Waals surface area contributed by atoms with Gasteiger partial charge < -0.3 is 10.0 Å². The predicted molar refractivity (Wildman–Crippen MR) is 79.8 cm³/mol. The summed E-state index contributed by atoms with van der Waals surface area (Å²) in [7, 11) is 0. The number of carboxylic acids is 1. The first kappa shape index (κ1) is 15.5. The summed E-state index contributed by atoms with van der Waals surface area (Å²) in [6, 6.07) is -0.740. The highest BCUT2D eigenvalue weighted by Gasteiger charge is 2.43. The average Bonchev–Trinajstić information content (AvgIpc) is 3.04. The molecular weight excluding hydrogens is 276 g/mol. The molecule has 0 spiro atoms. The first-order valence-electron chi connectivity index (χ1n) is 7.50. The molecule has 2 amide bonds. The van der Waals surface area contributed by atoms with Crippen molar-refractivity contribution in [2.24, 2.45) is 5.92 Å². The van der Waals surface area contributed by atoms with Crippen LogP contribution in [0, 0.1) is 5.92 Å². The maximum Gasteiger partial charge on any atom is 0.327 e. The van der Waals surface area contributed by atoms with Gasteiger partial charge in [-0.3, -0.25) is 4.90 Å². The third kappa shape index (κ3) is 3.05. The summed E-state index contributed by atoms with van der Waals surface area (Å²) in [5, 5.41) is 9.31. The molecule has 0 radical (unpaired) electrons. The second kappa shape index (κ2) is 6.70. The third-order valence-corrected chi connectivity index (χ3v) is 5.65. The van der Waals surface area contributed by atoms with E-state index in [0.29, 0.717) is 11.7 Å². The summed E-state index contributed by atoms with van der Waals surface area (Å²) in [6.07, 6.45) is 4.14. The van der Waals surface area contributed by atoms with Gasteiger partial charge in [-0.15, -0.1) is 11.8 Å². The molecule has 0 aliphatic carbocycles. The van der Waals surface area contributed by atoms with Crippen LogP contribution in [-0.4, -0.2) is 57.2 Å². The molecule has 3 unspecified atom stereocenters. The van der Waals surface area contributed by atoms with Crippen molar-refractivity contribution in [1.29, 1.82) is 0 Å². The fourth-order valence-electron chi connectivity index (χ4n) is 3.14. The van der Waals surface area contributed by atoms with E-state index in [-0.39, 0.29) is 11.4 Å². The van der Waals surface area contributed by atoms with Gasteiger partial charge in [0.2, 0.25) is 0 Å². The largest absolute Gasteiger partial charge is 0.480 e. The van der Waals surface area contributed by atoms with Crippen molar-refractivity contribution in [1.82, 2.24) is 9.80 Å². The number of nitrogens with zero attached hydrogens (tertiary/aromatic N) is 2. The van der Waals surface area contributed by atoms with E-state index < -0.39 is 12.0 Å². The summed E-state index contributed by atoms with van der Waals surface area (Å²) >= 11 is 1.58. The van der Waals surface area contributed by atoms with Gasteiger partial charge in [-0.05, 0) is 25.2 Å². The lowest BCUT2D eigenvalue weighted by Gasteiger charge is -2.31. The quantitative estimate of drug-likeness (QED) is 0.866. The molecule has 2 heterocycles. The molecule has 2 aliphatic rings. The summed E-state index contributed by atoms with van der Waals surface area (Å²) in [5.74, 6) is 0.208. The normalized spacial score (nSPS) is 30.0. The van der Waals surface area contributed by atoms with Crippen molar-refractivity contribution < 1.29 is 14.7 Å². The van der Waals surface area contributed by atoms with Gasteiger partial charge >= 0.3 is 12.0 Å². The molecule has 2 rings (SSSR count). The second-order valence-corrected chi connectivity index (χ2v) is 6.84. The zero-order chi connectivity index (χ0) is 14.7. The number of hydrogen-bond donors (Lipinski definition) is 1. The second-order valence-electron chi connectivity index (χ2n) is 5.63. The molecule has 0 aromatic heterocycles. The standard InChI is InChI=1S/C14H24N2O3S/c1-3-5-10-6-7-15(8-10)14(19)16-11(13(17)18)9-20-12(16)4-2/h10-12H,3-9H2,1-2H3,(H,17,18).